The monoisotopic (exact) mass is 329 g/mol. The maximum absolute atomic E-state index is 6.01. The fourth-order valence-corrected chi connectivity index (χ4v) is 2.98. The van der Waals surface area contributed by atoms with E-state index in [-0.39, 0.29) is 5.41 Å². The Hall–Kier alpha value is -1.34. The molecule has 0 amide bonds. The number of pyridine rings is 1. The average Bonchev–Trinajstić information content (AvgIpc) is 2.53. The molecule has 2 aromatic rings. The number of benzene rings is 1. The van der Waals surface area contributed by atoms with Gasteiger partial charge in [0.05, 0.1) is 0 Å². The van der Waals surface area contributed by atoms with Crippen LogP contribution in [0, 0.1) is 5.41 Å². The van der Waals surface area contributed by atoms with E-state index >= 15 is 0 Å². The predicted molar refractivity (Wildman–Crippen MR) is 100 cm³/mol. The molecule has 23 heavy (non-hydrogen) atoms. The Bertz CT molecular complexity index is 599. The fraction of sp³-hybridized carbons (Fsp3) is 0.476. The van der Waals surface area contributed by atoms with Crippen molar-refractivity contribution in [2.24, 2.45) is 5.41 Å². The molecule has 0 spiro atoms. The summed E-state index contributed by atoms with van der Waals surface area (Å²) in [7, 11) is 0. The van der Waals surface area contributed by atoms with Gasteiger partial charge in [0.2, 0.25) is 0 Å². The molecule has 0 saturated carbocycles. The minimum atomic E-state index is 0.179. The Morgan fingerprint density at radius 1 is 0.826 bits per heavy atom. The Morgan fingerprint density at radius 2 is 1.43 bits per heavy atom. The zero-order chi connectivity index (χ0) is 16.9. The van der Waals surface area contributed by atoms with Crippen molar-refractivity contribution in [3.63, 3.8) is 0 Å². The largest absolute Gasteiger partial charge is 0.265 e. The molecule has 124 valence electrons. The van der Waals surface area contributed by atoms with Crippen molar-refractivity contribution in [1.82, 2.24) is 4.98 Å². The van der Waals surface area contributed by atoms with Gasteiger partial charge >= 0.3 is 0 Å². The van der Waals surface area contributed by atoms with Crippen molar-refractivity contribution in [3.05, 3.63) is 64.9 Å². The van der Waals surface area contributed by atoms with Crippen LogP contribution in [0.5, 0.6) is 0 Å². The number of nitrogens with zero attached hydrogens (tertiary/aromatic N) is 1. The Labute approximate surface area is 146 Å². The lowest BCUT2D eigenvalue weighted by atomic mass is 9.73. The number of aromatic nitrogens is 1. The Balaban J connectivity index is 1.91. The normalized spacial score (nSPS) is 12.4. The molecule has 2 heteroatoms. The van der Waals surface area contributed by atoms with Crippen molar-refractivity contribution < 1.29 is 0 Å². The summed E-state index contributed by atoms with van der Waals surface area (Å²) in [6, 6.07) is 12.5. The average molecular weight is 330 g/mol. The van der Waals surface area contributed by atoms with Crippen LogP contribution < -0.4 is 0 Å². The Morgan fingerprint density at radius 3 is 2.04 bits per heavy atom. The third kappa shape index (κ3) is 5.66. The molecular weight excluding hydrogens is 302 g/mol. The molecule has 0 radical (unpaired) electrons. The van der Waals surface area contributed by atoms with E-state index in [1.165, 1.54) is 30.4 Å². The van der Waals surface area contributed by atoms with Crippen LogP contribution in [-0.2, 0) is 11.8 Å². The van der Waals surface area contributed by atoms with Gasteiger partial charge in [0.15, 0.2) is 0 Å². The molecule has 0 aliphatic carbocycles. The maximum Gasteiger partial charge on any atom is 0.0406 e. The minimum absolute atomic E-state index is 0.179. The second kappa shape index (κ2) is 7.49. The highest BCUT2D eigenvalue weighted by atomic mass is 35.5. The van der Waals surface area contributed by atoms with Crippen LogP contribution in [-0.4, -0.2) is 4.98 Å². The summed E-state index contributed by atoms with van der Waals surface area (Å²) in [5.74, 6) is 0. The second-order valence-electron chi connectivity index (χ2n) is 7.91. The molecule has 1 aromatic carbocycles. The van der Waals surface area contributed by atoms with Crippen molar-refractivity contribution in [3.8, 4) is 0 Å². The molecule has 1 nitrogen and oxygen atoms in total. The highest BCUT2D eigenvalue weighted by Gasteiger charge is 2.25. The highest BCUT2D eigenvalue weighted by Crippen LogP contribution is 2.36. The highest BCUT2D eigenvalue weighted by molar-refractivity contribution is 6.30. The standard InChI is InChI=1S/C21H28ClN/c1-20(2,12-9-17-10-15-23-16-11-17)13-14-21(3,4)18-5-7-19(22)8-6-18/h5-8,10-11,15-16H,9,12-14H2,1-4H3. The van der Waals surface area contributed by atoms with Gasteiger partial charge in [-0.15, -0.1) is 0 Å². The van der Waals surface area contributed by atoms with Crippen LogP contribution in [0.3, 0.4) is 0 Å². The van der Waals surface area contributed by atoms with E-state index < -0.39 is 0 Å². The summed E-state index contributed by atoms with van der Waals surface area (Å²) in [5.41, 5.74) is 3.27. The zero-order valence-corrected chi connectivity index (χ0v) is 15.5. The smallest absolute Gasteiger partial charge is 0.0406 e. The van der Waals surface area contributed by atoms with Crippen LogP contribution >= 0.6 is 11.6 Å². The number of halogens is 1. The summed E-state index contributed by atoms with van der Waals surface area (Å²) in [4.78, 5) is 4.09. The second-order valence-corrected chi connectivity index (χ2v) is 8.35. The predicted octanol–water partition coefficient (Wildman–Crippen LogP) is 6.45. The van der Waals surface area contributed by atoms with Crippen molar-refractivity contribution in [2.45, 2.75) is 58.8 Å². The minimum Gasteiger partial charge on any atom is -0.265 e. The van der Waals surface area contributed by atoms with E-state index in [2.05, 4.69) is 56.9 Å². The molecule has 0 bridgehead atoms. The number of hydrogen-bond acceptors (Lipinski definition) is 1. The lowest BCUT2D eigenvalue weighted by molar-refractivity contribution is 0.267. The molecule has 0 fully saturated rings. The van der Waals surface area contributed by atoms with Crippen molar-refractivity contribution in [1.29, 1.82) is 0 Å². The molecule has 1 aromatic heterocycles. The molecule has 0 aliphatic heterocycles. The van der Waals surface area contributed by atoms with Crippen LogP contribution in [0.25, 0.3) is 0 Å². The molecule has 0 aliphatic rings. The van der Waals surface area contributed by atoms with E-state index in [1.54, 1.807) is 0 Å². The first-order valence-electron chi connectivity index (χ1n) is 8.43. The van der Waals surface area contributed by atoms with Gasteiger partial charge in [0.25, 0.3) is 0 Å². The number of rotatable bonds is 7. The first kappa shape index (κ1) is 18.0. The molecule has 0 unspecified atom stereocenters. The molecule has 2 rings (SSSR count). The number of hydrogen-bond donors (Lipinski definition) is 0. The topological polar surface area (TPSA) is 12.9 Å². The molecule has 1 heterocycles. The number of aryl methyl sites for hydroxylation is 1. The lowest BCUT2D eigenvalue weighted by Crippen LogP contribution is -2.22. The molecular formula is C21H28ClN. The van der Waals surface area contributed by atoms with Crippen LogP contribution in [0.15, 0.2) is 48.8 Å². The summed E-state index contributed by atoms with van der Waals surface area (Å²) >= 11 is 6.01. The summed E-state index contributed by atoms with van der Waals surface area (Å²) in [6.07, 6.45) is 8.48. The summed E-state index contributed by atoms with van der Waals surface area (Å²) in [5, 5.41) is 0.808. The van der Waals surface area contributed by atoms with E-state index in [0.29, 0.717) is 5.41 Å². The van der Waals surface area contributed by atoms with Gasteiger partial charge < -0.3 is 0 Å². The van der Waals surface area contributed by atoms with Gasteiger partial charge in [0, 0.05) is 17.4 Å². The fourth-order valence-electron chi connectivity index (χ4n) is 2.85. The molecule has 0 saturated heterocycles. The zero-order valence-electron chi connectivity index (χ0n) is 14.8. The van der Waals surface area contributed by atoms with Crippen LogP contribution in [0.1, 0.15) is 58.1 Å². The van der Waals surface area contributed by atoms with E-state index in [1.807, 2.05) is 24.5 Å². The maximum atomic E-state index is 6.01. The first-order valence-corrected chi connectivity index (χ1v) is 8.81. The molecule has 0 N–H and O–H groups in total. The van der Waals surface area contributed by atoms with Crippen molar-refractivity contribution >= 4 is 11.6 Å². The third-order valence-electron chi connectivity index (χ3n) is 4.89. The van der Waals surface area contributed by atoms with Crippen LogP contribution in [0.2, 0.25) is 5.02 Å². The van der Waals surface area contributed by atoms with Gasteiger partial charge in [-0.3, -0.25) is 4.98 Å². The summed E-state index contributed by atoms with van der Waals surface area (Å²) in [6.45, 7) is 9.42. The third-order valence-corrected chi connectivity index (χ3v) is 5.14. The van der Waals surface area contributed by atoms with Gasteiger partial charge in [-0.2, -0.15) is 0 Å². The first-order chi connectivity index (χ1) is 10.8. The van der Waals surface area contributed by atoms with E-state index in [4.69, 9.17) is 11.6 Å². The summed E-state index contributed by atoms with van der Waals surface area (Å²) < 4.78 is 0. The molecule has 0 atom stereocenters. The van der Waals surface area contributed by atoms with E-state index in [0.717, 1.165) is 11.4 Å². The van der Waals surface area contributed by atoms with Gasteiger partial charge in [-0.25, -0.2) is 0 Å². The van der Waals surface area contributed by atoms with E-state index in [9.17, 15) is 0 Å². The van der Waals surface area contributed by atoms with Crippen molar-refractivity contribution in [2.75, 3.05) is 0 Å². The lowest BCUT2D eigenvalue weighted by Gasteiger charge is -2.32. The van der Waals surface area contributed by atoms with Gasteiger partial charge in [0.1, 0.15) is 0 Å². The SMILES string of the molecule is CC(C)(CCc1ccncc1)CCC(C)(C)c1ccc(Cl)cc1. The van der Waals surface area contributed by atoms with Crippen LogP contribution in [0.4, 0.5) is 0 Å². The van der Waals surface area contributed by atoms with Gasteiger partial charge in [-0.05, 0) is 71.9 Å². The quantitative estimate of drug-likeness (QED) is 0.568. The van der Waals surface area contributed by atoms with Gasteiger partial charge in [-0.1, -0.05) is 51.4 Å². The Kier molecular flexibility index (Phi) is 5.86.